The second-order valence-electron chi connectivity index (χ2n) is 5.93. The van der Waals surface area contributed by atoms with Gasteiger partial charge in [0, 0.05) is 6.07 Å². The Hall–Kier alpha value is -2.54. The van der Waals surface area contributed by atoms with Crippen molar-refractivity contribution < 1.29 is 23.4 Å². The fourth-order valence-corrected chi connectivity index (χ4v) is 2.94. The number of aryl methyl sites for hydroxylation is 1. The van der Waals surface area contributed by atoms with Gasteiger partial charge in [-0.1, -0.05) is 30.3 Å². The van der Waals surface area contributed by atoms with Crippen LogP contribution in [-0.2, 0) is 12.0 Å². The maximum absolute atomic E-state index is 12.3. The summed E-state index contributed by atoms with van der Waals surface area (Å²) in [7, 11) is 0. The summed E-state index contributed by atoms with van der Waals surface area (Å²) in [5.74, 6) is -0.543. The zero-order valence-electron chi connectivity index (χ0n) is 13.4. The summed E-state index contributed by atoms with van der Waals surface area (Å²) in [4.78, 5) is 16.2. The van der Waals surface area contributed by atoms with Gasteiger partial charge in [-0.25, -0.2) is 13.8 Å². The molecule has 1 aliphatic rings. The second kappa shape index (κ2) is 7.14. The molecule has 0 radical (unpaired) electrons. The van der Waals surface area contributed by atoms with Crippen LogP contribution in [0.25, 0.3) is 0 Å². The number of ether oxygens (including phenoxy) is 1. The van der Waals surface area contributed by atoms with Crippen molar-refractivity contribution in [3.63, 3.8) is 0 Å². The molecular weight excluding hydrogens is 330 g/mol. The lowest BCUT2D eigenvalue weighted by Crippen LogP contribution is -2.39. The molecule has 1 atom stereocenters. The largest absolute Gasteiger partial charge is 0.472 e. The van der Waals surface area contributed by atoms with E-state index in [1.807, 2.05) is 24.3 Å². The van der Waals surface area contributed by atoms with Gasteiger partial charge >= 0.3 is 0 Å². The van der Waals surface area contributed by atoms with Crippen LogP contribution in [0.2, 0.25) is 0 Å². The normalized spacial score (nSPS) is 18.9. The molecule has 1 aromatic heterocycles. The minimum Gasteiger partial charge on any atom is -0.472 e. The average Bonchev–Trinajstić information content (AvgIpc) is 2.96. The molecule has 0 bridgehead atoms. The molecule has 1 aliphatic carbocycles. The lowest BCUT2D eigenvalue weighted by molar-refractivity contribution is 0.0368. The van der Waals surface area contributed by atoms with E-state index in [2.05, 4.69) is 10.3 Å². The zero-order chi connectivity index (χ0) is 17.9. The standard InChI is InChI=1S/C18H18F2N2O3/c19-15(20)10-25-16-7-3-6-14(22-16)17(23)21-11-18(24)9-8-12-4-1-2-5-13(12)18/h1-7,15,24H,8-11H2,(H,21,23). The lowest BCUT2D eigenvalue weighted by Gasteiger charge is -2.24. The van der Waals surface area contributed by atoms with Crippen LogP contribution < -0.4 is 10.1 Å². The number of aliphatic hydroxyl groups is 1. The van der Waals surface area contributed by atoms with Gasteiger partial charge in [-0.05, 0) is 30.0 Å². The second-order valence-corrected chi connectivity index (χ2v) is 5.93. The maximum Gasteiger partial charge on any atom is 0.272 e. The number of hydrogen-bond acceptors (Lipinski definition) is 4. The number of hydrogen-bond donors (Lipinski definition) is 2. The molecule has 1 heterocycles. The number of amides is 1. The number of benzene rings is 1. The van der Waals surface area contributed by atoms with Gasteiger partial charge in [0.05, 0.1) is 6.54 Å². The molecule has 0 aliphatic heterocycles. The fraction of sp³-hybridized carbons (Fsp3) is 0.333. The predicted octanol–water partition coefficient (Wildman–Crippen LogP) is 2.29. The van der Waals surface area contributed by atoms with Crippen molar-refractivity contribution >= 4 is 5.91 Å². The minimum absolute atomic E-state index is 0.0432. The highest BCUT2D eigenvalue weighted by atomic mass is 19.3. The molecule has 3 rings (SSSR count). The van der Waals surface area contributed by atoms with E-state index in [0.717, 1.165) is 17.5 Å². The Bertz CT molecular complexity index is 769. The SMILES string of the molecule is O=C(NCC1(O)CCc2ccccc21)c1cccc(OCC(F)F)n1. The van der Waals surface area contributed by atoms with Crippen LogP contribution in [0.15, 0.2) is 42.5 Å². The Morgan fingerprint density at radius 1 is 1.28 bits per heavy atom. The van der Waals surface area contributed by atoms with Crippen LogP contribution in [-0.4, -0.2) is 35.6 Å². The van der Waals surface area contributed by atoms with Crippen molar-refractivity contribution in [2.24, 2.45) is 0 Å². The predicted molar refractivity (Wildman–Crippen MR) is 86.7 cm³/mol. The van der Waals surface area contributed by atoms with Crippen LogP contribution in [0.3, 0.4) is 0 Å². The van der Waals surface area contributed by atoms with E-state index < -0.39 is 24.5 Å². The molecule has 0 spiro atoms. The first-order chi connectivity index (χ1) is 12.0. The Morgan fingerprint density at radius 3 is 2.88 bits per heavy atom. The van der Waals surface area contributed by atoms with E-state index >= 15 is 0 Å². The van der Waals surface area contributed by atoms with Gasteiger partial charge < -0.3 is 15.2 Å². The Kier molecular flexibility index (Phi) is 4.94. The van der Waals surface area contributed by atoms with Crippen molar-refractivity contribution in [1.82, 2.24) is 10.3 Å². The van der Waals surface area contributed by atoms with E-state index in [-0.39, 0.29) is 18.1 Å². The monoisotopic (exact) mass is 348 g/mol. The van der Waals surface area contributed by atoms with Gasteiger partial charge in [-0.15, -0.1) is 0 Å². The maximum atomic E-state index is 12.3. The molecule has 7 heteroatoms. The average molecular weight is 348 g/mol. The third-order valence-electron chi connectivity index (χ3n) is 4.18. The number of carbonyl (C=O) groups is 1. The molecule has 132 valence electrons. The smallest absolute Gasteiger partial charge is 0.272 e. The number of fused-ring (bicyclic) bond motifs is 1. The quantitative estimate of drug-likeness (QED) is 0.840. The molecule has 25 heavy (non-hydrogen) atoms. The topological polar surface area (TPSA) is 71.5 Å². The van der Waals surface area contributed by atoms with Crippen LogP contribution in [0.5, 0.6) is 5.88 Å². The zero-order valence-corrected chi connectivity index (χ0v) is 13.4. The van der Waals surface area contributed by atoms with Crippen LogP contribution in [0.1, 0.15) is 28.0 Å². The molecular formula is C18H18F2N2O3. The first-order valence-corrected chi connectivity index (χ1v) is 7.95. The number of nitrogens with zero attached hydrogens (tertiary/aromatic N) is 1. The summed E-state index contributed by atoms with van der Waals surface area (Å²) in [6.45, 7) is -0.735. The summed E-state index contributed by atoms with van der Waals surface area (Å²) < 4.78 is 29.2. The third-order valence-corrected chi connectivity index (χ3v) is 4.18. The van der Waals surface area contributed by atoms with Crippen molar-refractivity contribution in [2.75, 3.05) is 13.2 Å². The molecule has 2 aromatic rings. The third kappa shape index (κ3) is 3.93. The van der Waals surface area contributed by atoms with Crippen molar-refractivity contribution in [3.8, 4) is 5.88 Å². The number of alkyl halides is 2. The Labute approximate surface area is 143 Å². The lowest BCUT2D eigenvalue weighted by atomic mass is 9.96. The summed E-state index contributed by atoms with van der Waals surface area (Å²) in [5, 5.41) is 13.5. The molecule has 2 N–H and O–H groups in total. The van der Waals surface area contributed by atoms with Gasteiger partial charge in [0.1, 0.15) is 11.3 Å². The fourth-order valence-electron chi connectivity index (χ4n) is 2.94. The summed E-state index contributed by atoms with van der Waals surface area (Å²) in [6.07, 6.45) is -1.34. The molecule has 0 saturated heterocycles. The van der Waals surface area contributed by atoms with Gasteiger partial charge in [-0.2, -0.15) is 0 Å². The van der Waals surface area contributed by atoms with Crippen molar-refractivity contribution in [1.29, 1.82) is 0 Å². The van der Waals surface area contributed by atoms with E-state index in [1.54, 1.807) is 0 Å². The minimum atomic E-state index is -2.61. The summed E-state index contributed by atoms with van der Waals surface area (Å²) in [6, 6.07) is 11.9. The van der Waals surface area contributed by atoms with E-state index in [0.29, 0.717) is 6.42 Å². The van der Waals surface area contributed by atoms with E-state index in [9.17, 15) is 18.7 Å². The first-order valence-electron chi connectivity index (χ1n) is 7.95. The number of rotatable bonds is 6. The van der Waals surface area contributed by atoms with Gasteiger partial charge in [0.15, 0.2) is 6.61 Å². The summed E-state index contributed by atoms with van der Waals surface area (Å²) >= 11 is 0. The van der Waals surface area contributed by atoms with Crippen molar-refractivity contribution in [2.45, 2.75) is 24.9 Å². The van der Waals surface area contributed by atoms with E-state index in [1.165, 1.54) is 18.2 Å². The van der Waals surface area contributed by atoms with Gasteiger partial charge in [0.2, 0.25) is 5.88 Å². The molecule has 1 aromatic carbocycles. The molecule has 5 nitrogen and oxygen atoms in total. The summed E-state index contributed by atoms with van der Waals surface area (Å²) in [5.41, 5.74) is 0.814. The van der Waals surface area contributed by atoms with Gasteiger partial charge in [0.25, 0.3) is 12.3 Å². The molecule has 1 amide bonds. The highest BCUT2D eigenvalue weighted by Crippen LogP contribution is 2.36. The van der Waals surface area contributed by atoms with Crippen LogP contribution in [0.4, 0.5) is 8.78 Å². The molecule has 0 saturated carbocycles. The first kappa shape index (κ1) is 17.3. The van der Waals surface area contributed by atoms with Gasteiger partial charge in [-0.3, -0.25) is 4.79 Å². The Morgan fingerprint density at radius 2 is 2.08 bits per heavy atom. The van der Waals surface area contributed by atoms with Crippen molar-refractivity contribution in [3.05, 3.63) is 59.3 Å². The number of carbonyl (C=O) groups excluding carboxylic acids is 1. The number of pyridine rings is 1. The number of nitrogens with one attached hydrogen (secondary N) is 1. The van der Waals surface area contributed by atoms with Crippen LogP contribution >= 0.6 is 0 Å². The molecule has 1 unspecified atom stereocenters. The number of aromatic nitrogens is 1. The number of halogens is 2. The molecule has 0 fully saturated rings. The Balaban J connectivity index is 1.64. The van der Waals surface area contributed by atoms with E-state index in [4.69, 9.17) is 4.74 Å². The highest BCUT2D eigenvalue weighted by Gasteiger charge is 2.36. The van der Waals surface area contributed by atoms with Crippen LogP contribution in [0, 0.1) is 0 Å². The highest BCUT2D eigenvalue weighted by molar-refractivity contribution is 5.92.